The number of nitrogens with zero attached hydrogens (tertiary/aromatic N) is 1. The molecule has 3 amide bonds. The fourth-order valence-electron chi connectivity index (χ4n) is 2.88. The van der Waals surface area contributed by atoms with Gasteiger partial charge in [0, 0.05) is 18.7 Å². The summed E-state index contributed by atoms with van der Waals surface area (Å²) in [5, 5.41) is 3.51. The molecule has 0 radical (unpaired) electrons. The molecule has 2 aliphatic rings. The van der Waals surface area contributed by atoms with Gasteiger partial charge in [-0.05, 0) is 13.3 Å². The third-order valence-electron chi connectivity index (χ3n) is 4.04. The Labute approximate surface area is 140 Å². The predicted molar refractivity (Wildman–Crippen MR) is 75.6 cm³/mol. The molecule has 2 N–H and O–H groups in total. The molecule has 25 heavy (non-hydrogen) atoms. The van der Waals surface area contributed by atoms with Crippen molar-refractivity contribution in [2.45, 2.75) is 31.5 Å². The molecular formula is C14H16F3N3O5. The SMILES string of the molecule is COC(=O)C1=C(C)NC(=O)[C@]1(NC(=O)CN1CCCC1=O)C(F)(F)F. The lowest BCUT2D eigenvalue weighted by molar-refractivity contribution is -0.192. The summed E-state index contributed by atoms with van der Waals surface area (Å²) in [7, 11) is 0.858. The van der Waals surface area contributed by atoms with E-state index in [1.807, 2.05) is 5.32 Å². The summed E-state index contributed by atoms with van der Waals surface area (Å²) in [6, 6.07) is 0. The summed E-state index contributed by atoms with van der Waals surface area (Å²) in [6.07, 6.45) is -4.61. The van der Waals surface area contributed by atoms with Crippen LogP contribution in [-0.4, -0.2) is 60.5 Å². The minimum atomic E-state index is -5.30. The molecule has 1 saturated heterocycles. The molecule has 1 fully saturated rings. The van der Waals surface area contributed by atoms with E-state index in [9.17, 15) is 32.3 Å². The van der Waals surface area contributed by atoms with Gasteiger partial charge in [-0.2, -0.15) is 13.2 Å². The van der Waals surface area contributed by atoms with Gasteiger partial charge < -0.3 is 20.3 Å². The number of nitrogens with one attached hydrogen (secondary N) is 2. The summed E-state index contributed by atoms with van der Waals surface area (Å²) in [4.78, 5) is 48.6. The summed E-state index contributed by atoms with van der Waals surface area (Å²) >= 11 is 0. The monoisotopic (exact) mass is 363 g/mol. The van der Waals surface area contributed by atoms with Gasteiger partial charge in [0.05, 0.1) is 13.7 Å². The van der Waals surface area contributed by atoms with Crippen molar-refractivity contribution in [1.82, 2.24) is 15.5 Å². The number of allylic oxidation sites excluding steroid dienone is 1. The van der Waals surface area contributed by atoms with Gasteiger partial charge >= 0.3 is 12.1 Å². The van der Waals surface area contributed by atoms with Crippen LogP contribution in [0.1, 0.15) is 19.8 Å². The first-order chi connectivity index (χ1) is 11.5. The third kappa shape index (κ3) is 3.05. The van der Waals surface area contributed by atoms with E-state index in [1.165, 1.54) is 0 Å². The molecule has 0 saturated carbocycles. The molecular weight excluding hydrogens is 347 g/mol. The zero-order valence-electron chi connectivity index (χ0n) is 13.5. The van der Waals surface area contributed by atoms with Gasteiger partial charge in [-0.25, -0.2) is 4.79 Å². The van der Waals surface area contributed by atoms with Gasteiger partial charge in [0.15, 0.2) is 0 Å². The van der Waals surface area contributed by atoms with E-state index < -0.39 is 41.6 Å². The molecule has 0 spiro atoms. The molecule has 2 heterocycles. The summed E-state index contributed by atoms with van der Waals surface area (Å²) in [5.41, 5.74) is -4.97. The lowest BCUT2D eigenvalue weighted by Gasteiger charge is -2.32. The molecule has 0 aromatic heterocycles. The Morgan fingerprint density at radius 3 is 2.48 bits per heavy atom. The van der Waals surface area contributed by atoms with E-state index in [2.05, 4.69) is 4.74 Å². The Kier molecular flexibility index (Phi) is 4.78. The van der Waals surface area contributed by atoms with E-state index in [0.717, 1.165) is 18.9 Å². The molecule has 0 aliphatic carbocycles. The second kappa shape index (κ2) is 6.37. The first-order valence-electron chi connectivity index (χ1n) is 7.31. The summed E-state index contributed by atoms with van der Waals surface area (Å²) in [5.74, 6) is -4.59. The zero-order valence-corrected chi connectivity index (χ0v) is 13.5. The number of alkyl halides is 3. The largest absolute Gasteiger partial charge is 0.466 e. The highest BCUT2D eigenvalue weighted by Crippen LogP contribution is 2.41. The Morgan fingerprint density at radius 2 is 2.00 bits per heavy atom. The van der Waals surface area contributed by atoms with Crippen LogP contribution in [0, 0.1) is 0 Å². The highest BCUT2D eigenvalue weighted by atomic mass is 19.4. The topological polar surface area (TPSA) is 105 Å². The quantitative estimate of drug-likeness (QED) is 0.662. The molecule has 8 nitrogen and oxygen atoms in total. The standard InChI is InChI=1S/C14H16F3N3O5/c1-7-10(11(23)25-2)13(12(24)18-7,14(15,16)17)19-8(21)6-20-5-3-4-9(20)22/h3-6H2,1-2H3,(H,18,24)(H,19,21)/t13-/m0/s1. The molecule has 0 aromatic carbocycles. The van der Waals surface area contributed by atoms with E-state index in [-0.39, 0.29) is 24.6 Å². The van der Waals surface area contributed by atoms with Crippen molar-refractivity contribution in [3.8, 4) is 0 Å². The first kappa shape index (κ1) is 18.7. The van der Waals surface area contributed by atoms with Crippen molar-refractivity contribution in [3.05, 3.63) is 11.3 Å². The molecule has 2 aliphatic heterocycles. The zero-order chi connectivity index (χ0) is 19.0. The molecule has 0 bridgehead atoms. The number of carbonyl (C=O) groups is 4. The molecule has 0 unspecified atom stereocenters. The van der Waals surface area contributed by atoms with Crippen molar-refractivity contribution in [3.63, 3.8) is 0 Å². The van der Waals surface area contributed by atoms with Gasteiger partial charge in [-0.15, -0.1) is 0 Å². The molecule has 2 rings (SSSR count). The van der Waals surface area contributed by atoms with Crippen LogP contribution in [0.15, 0.2) is 11.3 Å². The number of esters is 1. The average Bonchev–Trinajstić information content (AvgIpc) is 3.00. The number of halogens is 3. The minimum Gasteiger partial charge on any atom is -0.466 e. The van der Waals surface area contributed by atoms with Gasteiger partial charge in [-0.3, -0.25) is 14.4 Å². The van der Waals surface area contributed by atoms with Crippen LogP contribution in [0.3, 0.4) is 0 Å². The smallest absolute Gasteiger partial charge is 0.425 e. The summed E-state index contributed by atoms with van der Waals surface area (Å²) < 4.78 is 45.5. The van der Waals surface area contributed by atoms with Crippen LogP contribution in [-0.2, 0) is 23.9 Å². The fourth-order valence-corrected chi connectivity index (χ4v) is 2.88. The maximum absolute atomic E-state index is 13.7. The normalized spacial score (nSPS) is 23.8. The number of hydrogen-bond donors (Lipinski definition) is 2. The van der Waals surface area contributed by atoms with E-state index in [0.29, 0.717) is 6.42 Å². The number of rotatable bonds is 4. The second-order valence-electron chi connectivity index (χ2n) is 5.66. The van der Waals surface area contributed by atoms with Crippen molar-refractivity contribution in [1.29, 1.82) is 0 Å². The minimum absolute atomic E-state index is 0.199. The van der Waals surface area contributed by atoms with Gasteiger partial charge in [0.25, 0.3) is 5.91 Å². The van der Waals surface area contributed by atoms with Gasteiger partial charge in [0.1, 0.15) is 5.57 Å². The second-order valence-corrected chi connectivity index (χ2v) is 5.66. The van der Waals surface area contributed by atoms with Crippen molar-refractivity contribution in [2.24, 2.45) is 0 Å². The van der Waals surface area contributed by atoms with Crippen LogP contribution < -0.4 is 10.6 Å². The van der Waals surface area contributed by atoms with Crippen LogP contribution in [0.5, 0.6) is 0 Å². The average molecular weight is 363 g/mol. The highest BCUT2D eigenvalue weighted by Gasteiger charge is 2.69. The van der Waals surface area contributed by atoms with Crippen molar-refractivity contribution >= 4 is 23.7 Å². The first-order valence-corrected chi connectivity index (χ1v) is 7.31. The van der Waals surface area contributed by atoms with Crippen LogP contribution >= 0.6 is 0 Å². The fraction of sp³-hybridized carbons (Fsp3) is 0.571. The highest BCUT2D eigenvalue weighted by molar-refractivity contribution is 6.10. The number of methoxy groups -OCH3 is 1. The maximum Gasteiger partial charge on any atom is 0.425 e. The van der Waals surface area contributed by atoms with Crippen LogP contribution in [0.2, 0.25) is 0 Å². The van der Waals surface area contributed by atoms with E-state index in [1.54, 1.807) is 5.32 Å². The number of amides is 3. The van der Waals surface area contributed by atoms with Gasteiger partial charge in [0.2, 0.25) is 17.4 Å². The Balaban J connectivity index is 2.38. The van der Waals surface area contributed by atoms with Crippen LogP contribution in [0.4, 0.5) is 13.2 Å². The lowest BCUT2D eigenvalue weighted by atomic mass is 9.89. The number of hydrogen-bond acceptors (Lipinski definition) is 5. The Bertz CT molecular complexity index is 673. The maximum atomic E-state index is 13.7. The summed E-state index contributed by atoms with van der Waals surface area (Å²) in [6.45, 7) is 0.682. The lowest BCUT2D eigenvalue weighted by Crippen LogP contribution is -2.66. The van der Waals surface area contributed by atoms with E-state index >= 15 is 0 Å². The molecule has 138 valence electrons. The van der Waals surface area contributed by atoms with Gasteiger partial charge in [-0.1, -0.05) is 0 Å². The Hall–Kier alpha value is -2.59. The predicted octanol–water partition coefficient (Wildman–Crippen LogP) is -0.397. The van der Waals surface area contributed by atoms with Crippen LogP contribution in [0.25, 0.3) is 0 Å². The van der Waals surface area contributed by atoms with Crippen molar-refractivity contribution in [2.75, 3.05) is 20.2 Å². The molecule has 0 aromatic rings. The third-order valence-corrected chi connectivity index (χ3v) is 4.04. The van der Waals surface area contributed by atoms with Crippen molar-refractivity contribution < 1.29 is 37.1 Å². The Morgan fingerprint density at radius 1 is 1.36 bits per heavy atom. The number of carbonyl (C=O) groups excluding carboxylic acids is 4. The van der Waals surface area contributed by atoms with E-state index in [4.69, 9.17) is 0 Å². The molecule has 11 heteroatoms. The molecule has 1 atom stereocenters. The number of likely N-dealkylation sites (tertiary alicyclic amines) is 1. The number of ether oxygens (including phenoxy) is 1.